The SMILES string of the molecule is CCC(C)(O)C(=O)c1cnccc1N. The number of pyridine rings is 1. The number of aliphatic hydroxyl groups is 1. The maximum Gasteiger partial charge on any atom is 0.197 e. The molecule has 3 N–H and O–H groups in total. The standard InChI is InChI=1S/C10H14N2O2/c1-3-10(2,14)9(13)7-6-12-5-4-8(7)11/h4-6,14H,3H2,1-2H3,(H2,11,12). The van der Waals surface area contributed by atoms with Crippen LogP contribution in [-0.2, 0) is 0 Å². The molecule has 1 aromatic heterocycles. The van der Waals surface area contributed by atoms with Gasteiger partial charge in [-0.15, -0.1) is 0 Å². The Hall–Kier alpha value is -1.42. The molecule has 0 aliphatic carbocycles. The number of anilines is 1. The number of nitrogens with two attached hydrogens (primary N) is 1. The number of aromatic nitrogens is 1. The number of hydrogen-bond acceptors (Lipinski definition) is 4. The van der Waals surface area contributed by atoms with Crippen LogP contribution in [0.3, 0.4) is 0 Å². The number of carbonyl (C=O) groups is 1. The third kappa shape index (κ3) is 1.90. The van der Waals surface area contributed by atoms with Crippen LogP contribution in [-0.4, -0.2) is 21.5 Å². The lowest BCUT2D eigenvalue weighted by molar-refractivity contribution is 0.0391. The van der Waals surface area contributed by atoms with Crippen LogP contribution < -0.4 is 5.73 Å². The van der Waals surface area contributed by atoms with E-state index in [1.807, 2.05) is 0 Å². The molecule has 1 aromatic rings. The zero-order valence-electron chi connectivity index (χ0n) is 8.32. The number of carbonyl (C=O) groups excluding carboxylic acids is 1. The lowest BCUT2D eigenvalue weighted by atomic mass is 9.92. The van der Waals surface area contributed by atoms with Gasteiger partial charge in [-0.2, -0.15) is 0 Å². The molecule has 0 saturated heterocycles. The van der Waals surface area contributed by atoms with Gasteiger partial charge in [-0.3, -0.25) is 9.78 Å². The molecule has 0 fully saturated rings. The van der Waals surface area contributed by atoms with Crippen molar-refractivity contribution in [1.82, 2.24) is 4.98 Å². The molecule has 0 aromatic carbocycles. The second-order valence-corrected chi connectivity index (χ2v) is 3.42. The Kier molecular flexibility index (Phi) is 2.86. The molecule has 0 bridgehead atoms. The van der Waals surface area contributed by atoms with Crippen molar-refractivity contribution in [2.45, 2.75) is 25.9 Å². The fourth-order valence-corrected chi connectivity index (χ4v) is 1.05. The molecule has 0 amide bonds. The Bertz CT molecular complexity index is 348. The minimum Gasteiger partial charge on any atom is -0.398 e. The third-order valence-corrected chi connectivity index (χ3v) is 2.28. The zero-order valence-corrected chi connectivity index (χ0v) is 8.32. The third-order valence-electron chi connectivity index (χ3n) is 2.28. The van der Waals surface area contributed by atoms with Gasteiger partial charge < -0.3 is 10.8 Å². The van der Waals surface area contributed by atoms with Gasteiger partial charge in [0.05, 0.1) is 5.56 Å². The Balaban J connectivity index is 3.07. The molecular formula is C10H14N2O2. The lowest BCUT2D eigenvalue weighted by Crippen LogP contribution is -2.34. The van der Waals surface area contributed by atoms with Gasteiger partial charge in [-0.1, -0.05) is 6.92 Å². The Morgan fingerprint density at radius 3 is 2.86 bits per heavy atom. The first-order chi connectivity index (χ1) is 6.49. The normalized spacial score (nSPS) is 14.8. The average molecular weight is 194 g/mol. The maximum absolute atomic E-state index is 11.7. The van der Waals surface area contributed by atoms with Crippen molar-refractivity contribution in [2.75, 3.05) is 5.73 Å². The maximum atomic E-state index is 11.7. The van der Waals surface area contributed by atoms with E-state index in [0.29, 0.717) is 12.1 Å². The number of ketones is 1. The van der Waals surface area contributed by atoms with Gasteiger partial charge in [0, 0.05) is 18.1 Å². The first kappa shape index (κ1) is 10.7. The largest absolute Gasteiger partial charge is 0.398 e. The van der Waals surface area contributed by atoms with E-state index < -0.39 is 5.60 Å². The molecule has 0 radical (unpaired) electrons. The fourth-order valence-electron chi connectivity index (χ4n) is 1.05. The number of nitrogens with zero attached hydrogens (tertiary/aromatic N) is 1. The summed E-state index contributed by atoms with van der Waals surface area (Å²) < 4.78 is 0. The smallest absolute Gasteiger partial charge is 0.197 e. The predicted octanol–water partition coefficient (Wildman–Crippen LogP) is 1.01. The molecule has 1 unspecified atom stereocenters. The number of Topliss-reactive ketones (excluding diaryl/α,β-unsaturated/α-hetero) is 1. The molecule has 0 aliphatic heterocycles. The van der Waals surface area contributed by atoms with E-state index in [9.17, 15) is 9.90 Å². The van der Waals surface area contributed by atoms with Gasteiger partial charge in [-0.05, 0) is 19.4 Å². The molecule has 4 heteroatoms. The first-order valence-corrected chi connectivity index (χ1v) is 4.45. The lowest BCUT2D eigenvalue weighted by Gasteiger charge is -2.19. The number of nitrogen functional groups attached to an aromatic ring is 1. The highest BCUT2D eigenvalue weighted by Crippen LogP contribution is 2.19. The summed E-state index contributed by atoms with van der Waals surface area (Å²) in [5.74, 6) is -0.384. The average Bonchev–Trinajstić information content (AvgIpc) is 2.17. The Morgan fingerprint density at radius 1 is 1.71 bits per heavy atom. The molecule has 1 heterocycles. The van der Waals surface area contributed by atoms with E-state index in [1.54, 1.807) is 13.0 Å². The van der Waals surface area contributed by atoms with Gasteiger partial charge in [0.2, 0.25) is 0 Å². The van der Waals surface area contributed by atoms with Gasteiger partial charge in [0.15, 0.2) is 5.78 Å². The highest BCUT2D eigenvalue weighted by molar-refractivity contribution is 6.05. The topological polar surface area (TPSA) is 76.2 Å². The molecule has 1 atom stereocenters. The van der Waals surface area contributed by atoms with Crippen molar-refractivity contribution in [2.24, 2.45) is 0 Å². The molecule has 0 spiro atoms. The van der Waals surface area contributed by atoms with E-state index in [4.69, 9.17) is 5.73 Å². The van der Waals surface area contributed by atoms with Crippen molar-refractivity contribution in [3.05, 3.63) is 24.0 Å². The highest BCUT2D eigenvalue weighted by Gasteiger charge is 2.30. The second-order valence-electron chi connectivity index (χ2n) is 3.42. The molecule has 4 nitrogen and oxygen atoms in total. The summed E-state index contributed by atoms with van der Waals surface area (Å²) in [6, 6.07) is 1.54. The van der Waals surface area contributed by atoms with Crippen LogP contribution in [0.4, 0.5) is 5.69 Å². The van der Waals surface area contributed by atoms with Crippen LogP contribution in [0.15, 0.2) is 18.5 Å². The van der Waals surface area contributed by atoms with E-state index in [0.717, 1.165) is 0 Å². The van der Waals surface area contributed by atoms with Crippen molar-refractivity contribution >= 4 is 11.5 Å². The van der Waals surface area contributed by atoms with E-state index in [2.05, 4.69) is 4.98 Å². The van der Waals surface area contributed by atoms with Crippen LogP contribution in [0.2, 0.25) is 0 Å². The van der Waals surface area contributed by atoms with Crippen LogP contribution in [0, 0.1) is 0 Å². The van der Waals surface area contributed by atoms with E-state index >= 15 is 0 Å². The quantitative estimate of drug-likeness (QED) is 0.704. The van der Waals surface area contributed by atoms with Crippen molar-refractivity contribution in [3.63, 3.8) is 0 Å². The van der Waals surface area contributed by atoms with Crippen molar-refractivity contribution in [1.29, 1.82) is 0 Å². The van der Waals surface area contributed by atoms with Gasteiger partial charge in [0.1, 0.15) is 5.60 Å². The van der Waals surface area contributed by atoms with Crippen LogP contribution in [0.5, 0.6) is 0 Å². The molecule has 76 valence electrons. The van der Waals surface area contributed by atoms with Crippen molar-refractivity contribution < 1.29 is 9.90 Å². The van der Waals surface area contributed by atoms with Gasteiger partial charge >= 0.3 is 0 Å². The summed E-state index contributed by atoms with van der Waals surface area (Å²) in [7, 11) is 0. The van der Waals surface area contributed by atoms with Crippen LogP contribution in [0.1, 0.15) is 30.6 Å². The highest BCUT2D eigenvalue weighted by atomic mass is 16.3. The summed E-state index contributed by atoms with van der Waals surface area (Å²) in [5, 5.41) is 9.74. The summed E-state index contributed by atoms with van der Waals surface area (Å²) in [4.78, 5) is 15.6. The van der Waals surface area contributed by atoms with Gasteiger partial charge in [-0.25, -0.2) is 0 Å². The predicted molar refractivity (Wildman–Crippen MR) is 53.9 cm³/mol. The minimum atomic E-state index is -1.36. The Morgan fingerprint density at radius 2 is 2.36 bits per heavy atom. The number of rotatable bonds is 3. The fraction of sp³-hybridized carbons (Fsp3) is 0.400. The summed E-state index contributed by atoms with van der Waals surface area (Å²) in [6.07, 6.45) is 3.23. The van der Waals surface area contributed by atoms with Crippen LogP contribution >= 0.6 is 0 Å². The van der Waals surface area contributed by atoms with Crippen LogP contribution in [0.25, 0.3) is 0 Å². The molecular weight excluding hydrogens is 180 g/mol. The van der Waals surface area contributed by atoms with Gasteiger partial charge in [0.25, 0.3) is 0 Å². The summed E-state index contributed by atoms with van der Waals surface area (Å²) >= 11 is 0. The monoisotopic (exact) mass is 194 g/mol. The van der Waals surface area contributed by atoms with E-state index in [1.165, 1.54) is 19.3 Å². The number of hydrogen-bond donors (Lipinski definition) is 2. The Labute approximate surface area is 82.8 Å². The zero-order chi connectivity index (χ0) is 10.8. The van der Waals surface area contributed by atoms with E-state index in [-0.39, 0.29) is 11.3 Å². The van der Waals surface area contributed by atoms with Crippen molar-refractivity contribution in [3.8, 4) is 0 Å². The first-order valence-electron chi connectivity index (χ1n) is 4.45. The molecule has 0 saturated carbocycles. The molecule has 1 rings (SSSR count). The molecule has 0 aliphatic rings. The molecule has 14 heavy (non-hydrogen) atoms. The summed E-state index contributed by atoms with van der Waals surface area (Å²) in [5.41, 5.74) is 4.86. The summed E-state index contributed by atoms with van der Waals surface area (Å²) in [6.45, 7) is 3.21. The second kappa shape index (κ2) is 3.75. The minimum absolute atomic E-state index is 0.277.